The fourth-order valence-corrected chi connectivity index (χ4v) is 2.01. The monoisotopic (exact) mass is 265 g/mol. The molecule has 0 bridgehead atoms. The zero-order chi connectivity index (χ0) is 14.1. The van der Waals surface area contributed by atoms with E-state index >= 15 is 0 Å². The van der Waals surface area contributed by atoms with Crippen LogP contribution in [0, 0.1) is 0 Å². The Balaban J connectivity index is 2.55. The highest BCUT2D eigenvalue weighted by atomic mass is 16.4. The second-order valence-corrected chi connectivity index (χ2v) is 4.70. The number of benzene rings is 1. The molecule has 0 aliphatic heterocycles. The third-order valence-corrected chi connectivity index (χ3v) is 3.10. The number of carboxylic acids is 1. The molecule has 0 saturated heterocycles. The Bertz CT molecular complexity index is 375. The molecule has 1 unspecified atom stereocenters. The Morgan fingerprint density at radius 3 is 2.42 bits per heavy atom. The number of carbonyl (C=O) groups is 1. The number of aliphatic carboxylic acids is 1. The van der Waals surface area contributed by atoms with Gasteiger partial charge in [-0.2, -0.15) is 0 Å². The van der Waals surface area contributed by atoms with Gasteiger partial charge in [0, 0.05) is 12.6 Å². The van der Waals surface area contributed by atoms with Crippen molar-refractivity contribution in [2.75, 3.05) is 13.2 Å². The van der Waals surface area contributed by atoms with Crippen LogP contribution in [0.25, 0.3) is 0 Å². The van der Waals surface area contributed by atoms with Gasteiger partial charge in [0.15, 0.2) is 0 Å². The minimum atomic E-state index is -0.799. The first-order valence-electron chi connectivity index (χ1n) is 6.79. The zero-order valence-corrected chi connectivity index (χ0v) is 11.4. The lowest BCUT2D eigenvalue weighted by Gasteiger charge is -2.17. The van der Waals surface area contributed by atoms with Crippen molar-refractivity contribution in [3.63, 3.8) is 0 Å². The minimum absolute atomic E-state index is 0.0865. The average Bonchev–Trinajstić information content (AvgIpc) is 2.39. The summed E-state index contributed by atoms with van der Waals surface area (Å²) in [5.41, 5.74) is 2.42. The molecule has 4 nitrogen and oxygen atoms in total. The molecule has 0 heterocycles. The summed E-state index contributed by atoms with van der Waals surface area (Å²) in [6.45, 7) is 2.87. The molecule has 0 aliphatic carbocycles. The highest BCUT2D eigenvalue weighted by molar-refractivity contribution is 5.67. The molecule has 0 aromatic heterocycles. The molecule has 0 amide bonds. The first kappa shape index (κ1) is 15.7. The van der Waals surface area contributed by atoms with Crippen LogP contribution in [0.5, 0.6) is 0 Å². The van der Waals surface area contributed by atoms with Gasteiger partial charge >= 0.3 is 5.97 Å². The number of carboxylic acid groups (broad SMARTS) is 1. The fraction of sp³-hybridized carbons (Fsp3) is 0.533. The van der Waals surface area contributed by atoms with Crippen LogP contribution in [-0.4, -0.2) is 35.4 Å². The van der Waals surface area contributed by atoms with Crippen molar-refractivity contribution in [3.05, 3.63) is 35.4 Å². The van der Waals surface area contributed by atoms with Crippen molar-refractivity contribution in [1.29, 1.82) is 0 Å². The van der Waals surface area contributed by atoms with Crippen LogP contribution in [-0.2, 0) is 17.6 Å². The highest BCUT2D eigenvalue weighted by Crippen LogP contribution is 2.09. The minimum Gasteiger partial charge on any atom is -0.481 e. The number of aryl methyl sites for hydroxylation is 1. The molecule has 3 N–H and O–H groups in total. The van der Waals surface area contributed by atoms with E-state index < -0.39 is 5.97 Å². The largest absolute Gasteiger partial charge is 0.481 e. The van der Waals surface area contributed by atoms with Crippen molar-refractivity contribution in [2.24, 2.45) is 0 Å². The van der Waals surface area contributed by atoms with Gasteiger partial charge in [-0.3, -0.25) is 4.79 Å². The van der Waals surface area contributed by atoms with Crippen molar-refractivity contribution in [2.45, 2.75) is 38.6 Å². The second kappa shape index (κ2) is 8.67. The molecule has 0 aliphatic rings. The molecular weight excluding hydrogens is 242 g/mol. The van der Waals surface area contributed by atoms with Crippen molar-refractivity contribution in [1.82, 2.24) is 5.32 Å². The van der Waals surface area contributed by atoms with Crippen LogP contribution >= 0.6 is 0 Å². The van der Waals surface area contributed by atoms with Crippen LogP contribution in [0.15, 0.2) is 24.3 Å². The molecule has 4 heteroatoms. The third-order valence-electron chi connectivity index (χ3n) is 3.10. The van der Waals surface area contributed by atoms with Crippen LogP contribution in [0.2, 0.25) is 0 Å². The van der Waals surface area contributed by atoms with E-state index in [0.29, 0.717) is 19.4 Å². The van der Waals surface area contributed by atoms with E-state index in [9.17, 15) is 4.79 Å². The van der Waals surface area contributed by atoms with Gasteiger partial charge in [0.2, 0.25) is 0 Å². The van der Waals surface area contributed by atoms with E-state index in [4.69, 9.17) is 10.2 Å². The van der Waals surface area contributed by atoms with Gasteiger partial charge < -0.3 is 15.5 Å². The van der Waals surface area contributed by atoms with E-state index in [1.165, 1.54) is 5.56 Å². The Morgan fingerprint density at radius 2 is 1.89 bits per heavy atom. The predicted octanol–water partition coefficient (Wildman–Crippen LogP) is 1.61. The smallest absolute Gasteiger partial charge is 0.304 e. The number of hydrogen-bond donors (Lipinski definition) is 3. The molecule has 0 saturated carbocycles. The lowest BCUT2D eigenvalue weighted by Crippen LogP contribution is -2.34. The predicted molar refractivity (Wildman–Crippen MR) is 75.3 cm³/mol. The Kier molecular flexibility index (Phi) is 7.15. The standard InChI is InChI=1S/C15H23NO3/c1-2-12-4-6-13(7-5-12)10-14(11-15(18)19)16-8-3-9-17/h4-7,14,16-17H,2-3,8-11H2,1H3,(H,18,19). The highest BCUT2D eigenvalue weighted by Gasteiger charge is 2.13. The van der Waals surface area contributed by atoms with Crippen LogP contribution in [0.4, 0.5) is 0 Å². The SMILES string of the molecule is CCc1ccc(CC(CC(=O)O)NCCCO)cc1. The molecule has 0 radical (unpaired) electrons. The topological polar surface area (TPSA) is 69.6 Å². The third kappa shape index (κ3) is 6.36. The number of aliphatic hydroxyl groups is 1. The summed E-state index contributed by atoms with van der Waals surface area (Å²) in [6.07, 6.45) is 2.45. The van der Waals surface area contributed by atoms with E-state index in [-0.39, 0.29) is 19.1 Å². The number of nitrogens with one attached hydrogen (secondary N) is 1. The van der Waals surface area contributed by atoms with Crippen molar-refractivity contribution < 1.29 is 15.0 Å². The number of hydrogen-bond acceptors (Lipinski definition) is 3. The lowest BCUT2D eigenvalue weighted by atomic mass is 10.0. The Hall–Kier alpha value is -1.39. The summed E-state index contributed by atoms with van der Waals surface area (Å²) < 4.78 is 0. The molecule has 19 heavy (non-hydrogen) atoms. The van der Waals surface area contributed by atoms with Gasteiger partial charge in [0.1, 0.15) is 0 Å². The summed E-state index contributed by atoms with van der Waals surface area (Å²) >= 11 is 0. The number of rotatable bonds is 9. The van der Waals surface area contributed by atoms with Gasteiger partial charge in [0.25, 0.3) is 0 Å². The molecule has 0 spiro atoms. The first-order chi connectivity index (χ1) is 9.15. The first-order valence-corrected chi connectivity index (χ1v) is 6.79. The maximum Gasteiger partial charge on any atom is 0.304 e. The van der Waals surface area contributed by atoms with Crippen LogP contribution in [0.3, 0.4) is 0 Å². The van der Waals surface area contributed by atoms with Crippen LogP contribution < -0.4 is 5.32 Å². The zero-order valence-electron chi connectivity index (χ0n) is 11.4. The summed E-state index contributed by atoms with van der Waals surface area (Å²) in [4.78, 5) is 10.8. The van der Waals surface area contributed by atoms with Crippen LogP contribution in [0.1, 0.15) is 30.9 Å². The van der Waals surface area contributed by atoms with Gasteiger partial charge in [-0.15, -0.1) is 0 Å². The number of aliphatic hydroxyl groups excluding tert-OH is 1. The molecule has 1 aromatic carbocycles. The van der Waals surface area contributed by atoms with Gasteiger partial charge in [-0.1, -0.05) is 31.2 Å². The van der Waals surface area contributed by atoms with Gasteiger partial charge in [0.05, 0.1) is 6.42 Å². The second-order valence-electron chi connectivity index (χ2n) is 4.70. The lowest BCUT2D eigenvalue weighted by molar-refractivity contribution is -0.137. The van der Waals surface area contributed by atoms with Crippen molar-refractivity contribution >= 4 is 5.97 Å². The quantitative estimate of drug-likeness (QED) is 0.593. The summed E-state index contributed by atoms with van der Waals surface area (Å²) in [6, 6.07) is 8.20. The molecule has 1 atom stereocenters. The summed E-state index contributed by atoms with van der Waals surface area (Å²) in [5, 5.41) is 20.9. The van der Waals surface area contributed by atoms with Crippen molar-refractivity contribution in [3.8, 4) is 0 Å². The molecular formula is C15H23NO3. The Labute approximate surface area is 114 Å². The van der Waals surface area contributed by atoms with E-state index in [2.05, 4.69) is 36.5 Å². The molecule has 1 aromatic rings. The molecule has 1 rings (SSSR count). The maximum absolute atomic E-state index is 10.8. The average molecular weight is 265 g/mol. The van der Waals surface area contributed by atoms with Gasteiger partial charge in [-0.25, -0.2) is 0 Å². The summed E-state index contributed by atoms with van der Waals surface area (Å²) in [7, 11) is 0. The fourth-order valence-electron chi connectivity index (χ4n) is 2.01. The molecule has 106 valence electrons. The van der Waals surface area contributed by atoms with Gasteiger partial charge in [-0.05, 0) is 36.9 Å². The van der Waals surface area contributed by atoms with E-state index in [1.807, 2.05) is 0 Å². The van der Waals surface area contributed by atoms with E-state index in [0.717, 1.165) is 12.0 Å². The summed E-state index contributed by atoms with van der Waals surface area (Å²) in [5.74, 6) is -0.799. The van der Waals surface area contributed by atoms with E-state index in [1.54, 1.807) is 0 Å². The molecule has 0 fully saturated rings. The Morgan fingerprint density at radius 1 is 1.26 bits per heavy atom. The maximum atomic E-state index is 10.8. The normalized spacial score (nSPS) is 12.3.